The van der Waals surface area contributed by atoms with Crippen LogP contribution in [-0.2, 0) is 6.61 Å². The summed E-state index contributed by atoms with van der Waals surface area (Å²) in [6.07, 6.45) is 0.828. The van der Waals surface area contributed by atoms with Crippen molar-refractivity contribution in [3.8, 4) is 11.5 Å². The lowest BCUT2D eigenvalue weighted by Crippen LogP contribution is -2.32. The van der Waals surface area contributed by atoms with Crippen LogP contribution >= 0.6 is 0 Å². The van der Waals surface area contributed by atoms with Crippen molar-refractivity contribution in [2.45, 2.75) is 32.9 Å². The molecule has 2 amide bonds. The number of anilines is 1. The topological polar surface area (TPSA) is 103 Å². The van der Waals surface area contributed by atoms with Crippen LogP contribution in [0.4, 0.5) is 5.69 Å². The Morgan fingerprint density at radius 2 is 1.84 bits per heavy atom. The Kier molecular flexibility index (Phi) is 7.26. The zero-order valence-corrected chi connectivity index (χ0v) is 17.7. The van der Waals surface area contributed by atoms with Gasteiger partial charge in [0.15, 0.2) is 11.5 Å². The highest BCUT2D eigenvalue weighted by Crippen LogP contribution is 2.21. The molecule has 1 aromatic heterocycles. The fourth-order valence-electron chi connectivity index (χ4n) is 2.71. The van der Waals surface area contributed by atoms with Gasteiger partial charge >= 0.3 is 0 Å². The van der Waals surface area contributed by atoms with Crippen LogP contribution in [0.3, 0.4) is 0 Å². The third-order valence-electron chi connectivity index (χ3n) is 4.63. The number of ether oxygens (including phenoxy) is 2. The molecule has 8 nitrogen and oxygen atoms in total. The minimum absolute atomic E-state index is 0.0610. The summed E-state index contributed by atoms with van der Waals surface area (Å²) in [5, 5.41) is 9.43. The molecule has 31 heavy (non-hydrogen) atoms. The van der Waals surface area contributed by atoms with Crippen LogP contribution in [0.5, 0.6) is 11.5 Å². The van der Waals surface area contributed by atoms with Gasteiger partial charge in [0.2, 0.25) is 0 Å². The Morgan fingerprint density at radius 3 is 2.55 bits per heavy atom. The molecule has 162 valence electrons. The van der Waals surface area contributed by atoms with Crippen molar-refractivity contribution in [3.05, 3.63) is 71.6 Å². The summed E-state index contributed by atoms with van der Waals surface area (Å²) >= 11 is 0. The number of nitrogens with zero attached hydrogens (tertiary/aromatic N) is 1. The first-order valence-corrected chi connectivity index (χ1v) is 9.93. The first kappa shape index (κ1) is 21.9. The van der Waals surface area contributed by atoms with Crippen LogP contribution in [-0.4, -0.2) is 30.1 Å². The Labute approximate surface area is 180 Å². The molecule has 3 rings (SSSR count). The van der Waals surface area contributed by atoms with E-state index in [0.29, 0.717) is 28.5 Å². The zero-order valence-electron chi connectivity index (χ0n) is 17.7. The minimum atomic E-state index is -0.278. The van der Waals surface area contributed by atoms with Crippen molar-refractivity contribution >= 4 is 17.5 Å². The van der Waals surface area contributed by atoms with E-state index in [1.165, 1.54) is 7.11 Å². The summed E-state index contributed by atoms with van der Waals surface area (Å²) in [6.45, 7) is 4.03. The Balaban J connectivity index is 1.54. The predicted molar refractivity (Wildman–Crippen MR) is 115 cm³/mol. The quantitative estimate of drug-likeness (QED) is 0.538. The van der Waals surface area contributed by atoms with E-state index in [1.54, 1.807) is 54.6 Å². The van der Waals surface area contributed by atoms with Gasteiger partial charge in [-0.3, -0.25) is 9.59 Å². The van der Waals surface area contributed by atoms with Gasteiger partial charge in [-0.2, -0.15) is 0 Å². The number of aromatic nitrogens is 1. The van der Waals surface area contributed by atoms with E-state index in [4.69, 9.17) is 14.0 Å². The van der Waals surface area contributed by atoms with Gasteiger partial charge in [-0.15, -0.1) is 0 Å². The molecule has 3 aromatic rings. The summed E-state index contributed by atoms with van der Waals surface area (Å²) in [5.74, 6) is 0.972. The van der Waals surface area contributed by atoms with E-state index in [2.05, 4.69) is 15.8 Å². The molecule has 8 heteroatoms. The van der Waals surface area contributed by atoms with E-state index in [1.807, 2.05) is 13.8 Å². The number of nitrogens with one attached hydrogen (secondary N) is 2. The van der Waals surface area contributed by atoms with E-state index in [-0.39, 0.29) is 30.2 Å². The second-order valence-corrected chi connectivity index (χ2v) is 6.93. The van der Waals surface area contributed by atoms with Gasteiger partial charge < -0.3 is 24.6 Å². The molecule has 0 radical (unpaired) electrons. The number of para-hydroxylation sites is 1. The Morgan fingerprint density at radius 1 is 1.10 bits per heavy atom. The highest BCUT2D eigenvalue weighted by atomic mass is 16.5. The average molecular weight is 423 g/mol. The van der Waals surface area contributed by atoms with Crippen molar-refractivity contribution in [2.75, 3.05) is 12.4 Å². The maximum Gasteiger partial charge on any atom is 0.273 e. The number of hydrogen-bond acceptors (Lipinski definition) is 6. The number of amides is 2. The number of methoxy groups -OCH3 is 1. The van der Waals surface area contributed by atoms with Gasteiger partial charge in [0.05, 0.1) is 12.7 Å². The summed E-state index contributed by atoms with van der Waals surface area (Å²) in [6, 6.07) is 15.5. The standard InChI is InChI=1S/C23H25N3O5/c1-4-15(2)24-23(28)20-13-18(31-26-20)14-30-17-11-9-16(10-12-17)25-22(27)19-7-5-6-8-21(19)29-3/h5-13,15H,4,14H2,1-3H3,(H,24,28)(H,25,27)/t15-/m1/s1. The second kappa shape index (κ2) is 10.3. The summed E-state index contributed by atoms with van der Waals surface area (Å²) in [7, 11) is 1.52. The predicted octanol–water partition coefficient (Wildman–Crippen LogP) is 4.04. The SMILES string of the molecule is CC[C@@H](C)NC(=O)c1cc(COc2ccc(NC(=O)c3ccccc3OC)cc2)on1. The Bertz CT molecular complexity index is 1030. The molecule has 1 atom stereocenters. The molecular formula is C23H25N3O5. The van der Waals surface area contributed by atoms with Crippen LogP contribution in [0.25, 0.3) is 0 Å². The summed E-state index contributed by atoms with van der Waals surface area (Å²) in [4.78, 5) is 24.5. The van der Waals surface area contributed by atoms with Crippen LogP contribution < -0.4 is 20.1 Å². The molecular weight excluding hydrogens is 398 g/mol. The molecule has 0 saturated carbocycles. The van der Waals surface area contributed by atoms with Gasteiger partial charge in [-0.05, 0) is 49.7 Å². The molecule has 1 heterocycles. The monoisotopic (exact) mass is 423 g/mol. The molecule has 0 unspecified atom stereocenters. The molecule has 0 spiro atoms. The number of rotatable bonds is 9. The maximum absolute atomic E-state index is 12.5. The van der Waals surface area contributed by atoms with Crippen molar-refractivity contribution in [2.24, 2.45) is 0 Å². The third kappa shape index (κ3) is 5.85. The van der Waals surface area contributed by atoms with Crippen molar-refractivity contribution < 1.29 is 23.6 Å². The molecule has 0 aliphatic heterocycles. The fourth-order valence-corrected chi connectivity index (χ4v) is 2.71. The molecule has 0 fully saturated rings. The Hall–Kier alpha value is -3.81. The molecule has 2 N–H and O–H groups in total. The minimum Gasteiger partial charge on any atom is -0.496 e. The summed E-state index contributed by atoms with van der Waals surface area (Å²) < 4.78 is 16.1. The molecule has 0 aliphatic carbocycles. The number of benzene rings is 2. The smallest absolute Gasteiger partial charge is 0.273 e. The molecule has 0 aliphatic rings. The van der Waals surface area contributed by atoms with Crippen molar-refractivity contribution in [1.82, 2.24) is 10.5 Å². The molecule has 0 bridgehead atoms. The van der Waals surface area contributed by atoms with Crippen molar-refractivity contribution in [3.63, 3.8) is 0 Å². The number of carbonyl (C=O) groups is 2. The average Bonchev–Trinajstić information content (AvgIpc) is 3.27. The first-order chi connectivity index (χ1) is 15.0. The largest absolute Gasteiger partial charge is 0.496 e. The highest BCUT2D eigenvalue weighted by Gasteiger charge is 2.15. The molecule has 0 saturated heterocycles. The van der Waals surface area contributed by atoms with E-state index in [0.717, 1.165) is 6.42 Å². The van der Waals surface area contributed by atoms with Crippen LogP contribution in [0.15, 0.2) is 59.1 Å². The zero-order chi connectivity index (χ0) is 22.2. The lowest BCUT2D eigenvalue weighted by Gasteiger charge is -2.10. The lowest BCUT2D eigenvalue weighted by molar-refractivity contribution is 0.0929. The highest BCUT2D eigenvalue weighted by molar-refractivity contribution is 6.06. The van der Waals surface area contributed by atoms with Gasteiger partial charge in [-0.25, -0.2) is 0 Å². The second-order valence-electron chi connectivity index (χ2n) is 6.93. The number of hydrogen-bond donors (Lipinski definition) is 2. The molecule has 2 aromatic carbocycles. The van der Waals surface area contributed by atoms with E-state index >= 15 is 0 Å². The summed E-state index contributed by atoms with van der Waals surface area (Å²) in [5.41, 5.74) is 1.28. The third-order valence-corrected chi connectivity index (χ3v) is 4.63. The van der Waals surface area contributed by atoms with Crippen LogP contribution in [0.1, 0.15) is 46.9 Å². The van der Waals surface area contributed by atoms with Crippen LogP contribution in [0, 0.1) is 0 Å². The first-order valence-electron chi connectivity index (χ1n) is 9.93. The van der Waals surface area contributed by atoms with Gasteiger partial charge in [-0.1, -0.05) is 24.2 Å². The van der Waals surface area contributed by atoms with E-state index in [9.17, 15) is 9.59 Å². The van der Waals surface area contributed by atoms with E-state index < -0.39 is 0 Å². The number of carbonyl (C=O) groups excluding carboxylic acids is 2. The van der Waals surface area contributed by atoms with Gasteiger partial charge in [0, 0.05) is 17.8 Å². The normalized spacial score (nSPS) is 11.5. The van der Waals surface area contributed by atoms with Gasteiger partial charge in [0.1, 0.15) is 18.1 Å². The van der Waals surface area contributed by atoms with Crippen LogP contribution in [0.2, 0.25) is 0 Å². The van der Waals surface area contributed by atoms with Crippen molar-refractivity contribution in [1.29, 1.82) is 0 Å². The maximum atomic E-state index is 12.5. The lowest BCUT2D eigenvalue weighted by atomic mass is 10.2. The van der Waals surface area contributed by atoms with Gasteiger partial charge in [0.25, 0.3) is 11.8 Å². The fraction of sp³-hybridized carbons (Fsp3) is 0.261.